The summed E-state index contributed by atoms with van der Waals surface area (Å²) in [4.78, 5) is 5.05. The van der Waals surface area contributed by atoms with Crippen molar-refractivity contribution in [1.29, 1.82) is 0 Å². The highest BCUT2D eigenvalue weighted by atomic mass is 16.6. The highest BCUT2D eigenvalue weighted by molar-refractivity contribution is 5.86. The molecule has 0 amide bonds. The first-order valence-corrected chi connectivity index (χ1v) is 5.11. The van der Waals surface area contributed by atoms with Gasteiger partial charge in [0.05, 0.1) is 12.3 Å². The number of hydrogen-bond donors (Lipinski definition) is 0. The Morgan fingerprint density at radius 1 is 1.43 bits per heavy atom. The Kier molecular flexibility index (Phi) is 5.56. The van der Waals surface area contributed by atoms with Gasteiger partial charge < -0.3 is 14.3 Å². The monoisotopic (exact) mass is 201 g/mol. The van der Waals surface area contributed by atoms with Gasteiger partial charge in [-0.15, -0.1) is 0 Å². The van der Waals surface area contributed by atoms with Crippen molar-refractivity contribution >= 4 is 5.71 Å². The fourth-order valence-electron chi connectivity index (χ4n) is 1.30. The molecule has 4 heteroatoms. The lowest BCUT2D eigenvalue weighted by atomic mass is 10.2. The Bertz CT molecular complexity index is 182. The maximum absolute atomic E-state index is 5.45. The molecule has 0 bridgehead atoms. The molecule has 1 aliphatic rings. The second-order valence-electron chi connectivity index (χ2n) is 3.53. The molecule has 0 aliphatic carbocycles. The first-order chi connectivity index (χ1) is 6.83. The molecule has 0 fully saturated rings. The van der Waals surface area contributed by atoms with Crippen LogP contribution in [-0.2, 0) is 14.3 Å². The molecule has 0 N–H and O–H groups in total. The van der Waals surface area contributed by atoms with Crippen LogP contribution in [0.25, 0.3) is 0 Å². The summed E-state index contributed by atoms with van der Waals surface area (Å²) < 4.78 is 10.4. The van der Waals surface area contributed by atoms with Gasteiger partial charge in [-0.05, 0) is 19.8 Å². The van der Waals surface area contributed by atoms with Gasteiger partial charge in [0.25, 0.3) is 0 Å². The van der Waals surface area contributed by atoms with Gasteiger partial charge in [-0.2, -0.15) is 0 Å². The second kappa shape index (κ2) is 6.79. The number of oxime groups is 1. The van der Waals surface area contributed by atoms with E-state index in [0.29, 0.717) is 6.61 Å². The molecule has 0 saturated heterocycles. The van der Waals surface area contributed by atoms with Gasteiger partial charge >= 0.3 is 0 Å². The summed E-state index contributed by atoms with van der Waals surface area (Å²) >= 11 is 0. The number of hydrogen-bond acceptors (Lipinski definition) is 4. The summed E-state index contributed by atoms with van der Waals surface area (Å²) in [5.74, 6) is 0. The Balaban J connectivity index is 1.89. The third-order valence-corrected chi connectivity index (χ3v) is 2.04. The summed E-state index contributed by atoms with van der Waals surface area (Å²) in [5, 5.41) is 3.92. The van der Waals surface area contributed by atoms with Crippen LogP contribution in [0.5, 0.6) is 0 Å². The lowest BCUT2D eigenvalue weighted by molar-refractivity contribution is 0.0992. The quantitative estimate of drug-likeness (QED) is 0.587. The van der Waals surface area contributed by atoms with Crippen LogP contribution in [0.15, 0.2) is 5.16 Å². The predicted molar refractivity (Wildman–Crippen MR) is 54.5 cm³/mol. The molecule has 1 rings (SSSR count). The number of nitrogens with zero attached hydrogens (tertiary/aromatic N) is 1. The lowest BCUT2D eigenvalue weighted by Gasteiger charge is -2.02. The summed E-state index contributed by atoms with van der Waals surface area (Å²) in [5.41, 5.74) is 1.02. The molecule has 0 radical (unpaired) electrons. The van der Waals surface area contributed by atoms with Crippen LogP contribution in [0, 0.1) is 0 Å². The fourth-order valence-corrected chi connectivity index (χ4v) is 1.30. The first kappa shape index (κ1) is 11.5. The largest absolute Gasteiger partial charge is 0.392 e. The molecular weight excluding hydrogens is 182 g/mol. The van der Waals surface area contributed by atoms with Crippen LogP contribution in [0.1, 0.15) is 26.2 Å². The van der Waals surface area contributed by atoms with Gasteiger partial charge in [-0.3, -0.25) is 0 Å². The van der Waals surface area contributed by atoms with Crippen LogP contribution in [0.4, 0.5) is 0 Å². The van der Waals surface area contributed by atoms with E-state index in [1.165, 1.54) is 0 Å². The lowest BCUT2D eigenvalue weighted by Crippen LogP contribution is -2.10. The van der Waals surface area contributed by atoms with Crippen molar-refractivity contribution < 1.29 is 14.3 Å². The van der Waals surface area contributed by atoms with Gasteiger partial charge in [0.15, 0.2) is 0 Å². The smallest absolute Gasteiger partial charge is 0.130 e. The van der Waals surface area contributed by atoms with Crippen molar-refractivity contribution in [3.05, 3.63) is 0 Å². The minimum absolute atomic E-state index is 0.224. The average Bonchev–Trinajstić information content (AvgIpc) is 2.58. The summed E-state index contributed by atoms with van der Waals surface area (Å²) in [7, 11) is 1.72. The van der Waals surface area contributed by atoms with Gasteiger partial charge in [-0.25, -0.2) is 0 Å². The third kappa shape index (κ3) is 4.58. The maximum atomic E-state index is 5.45. The molecular formula is C10H19NO3. The average molecular weight is 201 g/mol. The molecule has 0 spiro atoms. The Morgan fingerprint density at radius 2 is 2.21 bits per heavy atom. The first-order valence-electron chi connectivity index (χ1n) is 5.11. The SMILES string of the molecule is COCCCCOCC1=NO[C@H](C)C1. The van der Waals surface area contributed by atoms with Crippen molar-refractivity contribution in [2.24, 2.45) is 5.16 Å². The number of methoxy groups -OCH3 is 1. The maximum Gasteiger partial charge on any atom is 0.130 e. The fraction of sp³-hybridized carbons (Fsp3) is 0.900. The summed E-state index contributed by atoms with van der Waals surface area (Å²) in [6, 6.07) is 0. The molecule has 0 aromatic carbocycles. The van der Waals surface area contributed by atoms with E-state index in [9.17, 15) is 0 Å². The topological polar surface area (TPSA) is 40.0 Å². The Morgan fingerprint density at radius 3 is 2.86 bits per heavy atom. The normalized spacial score (nSPS) is 20.7. The Hall–Kier alpha value is -0.610. The molecule has 1 atom stereocenters. The van der Waals surface area contributed by atoms with Crippen LogP contribution in [0.3, 0.4) is 0 Å². The van der Waals surface area contributed by atoms with E-state index >= 15 is 0 Å². The minimum atomic E-state index is 0.224. The number of rotatable bonds is 7. The Labute approximate surface area is 85.2 Å². The van der Waals surface area contributed by atoms with E-state index in [-0.39, 0.29) is 6.10 Å². The van der Waals surface area contributed by atoms with Crippen molar-refractivity contribution in [1.82, 2.24) is 0 Å². The van der Waals surface area contributed by atoms with Crippen molar-refractivity contribution in [2.45, 2.75) is 32.3 Å². The molecule has 0 unspecified atom stereocenters. The van der Waals surface area contributed by atoms with Crippen LogP contribution >= 0.6 is 0 Å². The standard InChI is InChI=1S/C10H19NO3/c1-9-7-10(11-14-9)8-13-6-4-3-5-12-2/h9H,3-8H2,1-2H3/t9-/m1/s1. The van der Waals surface area contributed by atoms with Crippen molar-refractivity contribution in [3.63, 3.8) is 0 Å². The van der Waals surface area contributed by atoms with Gasteiger partial charge in [0, 0.05) is 26.7 Å². The van der Waals surface area contributed by atoms with E-state index in [0.717, 1.165) is 38.2 Å². The van der Waals surface area contributed by atoms with E-state index in [4.69, 9.17) is 14.3 Å². The predicted octanol–water partition coefficient (Wildman–Crippen LogP) is 1.59. The third-order valence-electron chi connectivity index (χ3n) is 2.04. The molecule has 4 nitrogen and oxygen atoms in total. The zero-order chi connectivity index (χ0) is 10.2. The molecule has 82 valence electrons. The molecule has 0 saturated carbocycles. The van der Waals surface area contributed by atoms with Crippen LogP contribution in [0.2, 0.25) is 0 Å². The van der Waals surface area contributed by atoms with Gasteiger partial charge in [0.1, 0.15) is 6.10 Å². The minimum Gasteiger partial charge on any atom is -0.392 e. The molecule has 0 aromatic heterocycles. The zero-order valence-corrected chi connectivity index (χ0v) is 8.99. The highest BCUT2D eigenvalue weighted by Gasteiger charge is 2.15. The molecule has 14 heavy (non-hydrogen) atoms. The second-order valence-corrected chi connectivity index (χ2v) is 3.53. The zero-order valence-electron chi connectivity index (χ0n) is 8.99. The molecule has 1 aliphatic heterocycles. The highest BCUT2D eigenvalue weighted by Crippen LogP contribution is 2.09. The van der Waals surface area contributed by atoms with E-state index in [2.05, 4.69) is 5.16 Å². The number of ether oxygens (including phenoxy) is 2. The van der Waals surface area contributed by atoms with E-state index < -0.39 is 0 Å². The molecule has 1 heterocycles. The van der Waals surface area contributed by atoms with Gasteiger partial charge in [0.2, 0.25) is 0 Å². The van der Waals surface area contributed by atoms with Crippen LogP contribution in [-0.4, -0.2) is 38.7 Å². The van der Waals surface area contributed by atoms with E-state index in [1.807, 2.05) is 6.92 Å². The van der Waals surface area contributed by atoms with Crippen LogP contribution < -0.4 is 0 Å². The van der Waals surface area contributed by atoms with Crippen molar-refractivity contribution in [2.75, 3.05) is 26.9 Å². The molecule has 0 aromatic rings. The van der Waals surface area contributed by atoms with Gasteiger partial charge in [-0.1, -0.05) is 5.16 Å². The van der Waals surface area contributed by atoms with Crippen molar-refractivity contribution in [3.8, 4) is 0 Å². The van der Waals surface area contributed by atoms with E-state index in [1.54, 1.807) is 7.11 Å². The number of unbranched alkanes of at least 4 members (excludes halogenated alkanes) is 1. The summed E-state index contributed by atoms with van der Waals surface area (Å²) in [6.45, 7) is 4.20. The summed E-state index contributed by atoms with van der Waals surface area (Å²) in [6.07, 6.45) is 3.22.